The van der Waals surface area contributed by atoms with E-state index in [-0.39, 0.29) is 5.78 Å². The summed E-state index contributed by atoms with van der Waals surface area (Å²) >= 11 is 0. The van der Waals surface area contributed by atoms with Crippen LogP contribution in [0.4, 0.5) is 0 Å². The molecule has 0 unspecified atom stereocenters. The van der Waals surface area contributed by atoms with E-state index in [1.54, 1.807) is 43.2 Å². The quantitative estimate of drug-likeness (QED) is 0.284. The maximum Gasteiger partial charge on any atom is 0.159 e. The smallest absolute Gasteiger partial charge is 0.159 e. The van der Waals surface area contributed by atoms with E-state index >= 15 is 0 Å². The van der Waals surface area contributed by atoms with Crippen molar-refractivity contribution in [3.8, 4) is 11.4 Å². The lowest BCUT2D eigenvalue weighted by Crippen LogP contribution is -1.98. The molecule has 30 heavy (non-hydrogen) atoms. The summed E-state index contributed by atoms with van der Waals surface area (Å²) in [4.78, 5) is 15.8. The maximum absolute atomic E-state index is 11.0. The van der Waals surface area contributed by atoms with E-state index in [1.807, 2.05) is 72.5 Å². The van der Waals surface area contributed by atoms with Gasteiger partial charge in [-0.05, 0) is 67.9 Å². The molecule has 2 aromatic carbocycles. The molecule has 7 nitrogen and oxygen atoms in total. The van der Waals surface area contributed by atoms with Crippen LogP contribution < -0.4 is 0 Å². The highest BCUT2D eigenvalue weighted by atomic mass is 16.6. The van der Waals surface area contributed by atoms with Gasteiger partial charge in [0.2, 0.25) is 0 Å². The first kappa shape index (κ1) is 20.7. The van der Waals surface area contributed by atoms with Crippen molar-refractivity contribution in [2.45, 2.75) is 13.8 Å². The highest BCUT2D eigenvalue weighted by Gasteiger charge is 2.00. The van der Waals surface area contributed by atoms with Crippen LogP contribution in [-0.4, -0.2) is 38.2 Å². The lowest BCUT2D eigenvalue weighted by molar-refractivity contribution is 0.101. The third-order valence-corrected chi connectivity index (χ3v) is 4.33. The van der Waals surface area contributed by atoms with Crippen molar-refractivity contribution in [3.63, 3.8) is 0 Å². The van der Waals surface area contributed by atoms with Crippen molar-refractivity contribution < 1.29 is 9.63 Å². The van der Waals surface area contributed by atoms with Gasteiger partial charge in [0.1, 0.15) is 7.11 Å². The molecule has 0 spiro atoms. The minimum absolute atomic E-state index is 0.0806. The number of rotatable bonds is 5. The molecule has 0 bridgehead atoms. The summed E-state index contributed by atoms with van der Waals surface area (Å²) in [5, 5.41) is 12.1. The summed E-state index contributed by atoms with van der Waals surface area (Å²) in [6.45, 7) is 3.47. The van der Waals surface area contributed by atoms with Crippen LogP contribution in [0.3, 0.4) is 0 Å². The molecule has 0 aliphatic carbocycles. The molecule has 0 saturated carbocycles. The molecule has 2 heterocycles. The second-order valence-electron chi connectivity index (χ2n) is 6.41. The van der Waals surface area contributed by atoms with Gasteiger partial charge in [-0.25, -0.2) is 9.36 Å². The lowest BCUT2D eigenvalue weighted by Gasteiger charge is -2.03. The van der Waals surface area contributed by atoms with Gasteiger partial charge in [-0.15, -0.1) is 0 Å². The van der Waals surface area contributed by atoms with Crippen molar-refractivity contribution in [2.24, 2.45) is 5.16 Å². The molecule has 152 valence electrons. The monoisotopic (exact) mass is 401 g/mol. The Balaban J connectivity index is 0.000000172. The minimum atomic E-state index is 0.0806. The number of ketones is 1. The van der Waals surface area contributed by atoms with Crippen molar-refractivity contribution in [2.75, 3.05) is 7.11 Å². The molecule has 4 rings (SSSR count). The van der Waals surface area contributed by atoms with Crippen molar-refractivity contribution in [1.82, 2.24) is 19.6 Å². The Morgan fingerprint density at radius 1 is 0.800 bits per heavy atom. The number of hydrogen-bond donors (Lipinski definition) is 0. The fourth-order valence-corrected chi connectivity index (χ4v) is 2.74. The summed E-state index contributed by atoms with van der Waals surface area (Å²) in [5.74, 6) is 0.0806. The molecule has 0 atom stereocenters. The van der Waals surface area contributed by atoms with Crippen LogP contribution in [0, 0.1) is 0 Å². The topological polar surface area (TPSA) is 74.3 Å². The Morgan fingerprint density at radius 2 is 1.27 bits per heavy atom. The van der Waals surface area contributed by atoms with Gasteiger partial charge in [-0.1, -0.05) is 17.3 Å². The number of benzene rings is 2. The van der Waals surface area contributed by atoms with Gasteiger partial charge in [-0.2, -0.15) is 10.2 Å². The van der Waals surface area contributed by atoms with Gasteiger partial charge in [0.15, 0.2) is 5.78 Å². The van der Waals surface area contributed by atoms with Gasteiger partial charge in [-0.3, -0.25) is 4.79 Å². The molecular weight excluding hydrogens is 378 g/mol. The van der Waals surface area contributed by atoms with E-state index in [0.717, 1.165) is 28.2 Å². The van der Waals surface area contributed by atoms with Gasteiger partial charge in [0, 0.05) is 30.4 Å². The highest BCUT2D eigenvalue weighted by molar-refractivity contribution is 5.98. The molecule has 0 aliphatic rings. The summed E-state index contributed by atoms with van der Waals surface area (Å²) < 4.78 is 3.57. The average Bonchev–Trinajstić information content (AvgIpc) is 3.49. The number of hydrogen-bond acceptors (Lipinski definition) is 5. The molecule has 7 heteroatoms. The van der Waals surface area contributed by atoms with E-state index in [1.165, 1.54) is 0 Å². The zero-order valence-corrected chi connectivity index (χ0v) is 17.1. The number of aromatic nitrogens is 4. The molecule has 0 aliphatic heterocycles. The van der Waals surface area contributed by atoms with Gasteiger partial charge in [0.05, 0.1) is 17.1 Å². The Hall–Kier alpha value is -4.00. The van der Waals surface area contributed by atoms with Crippen LogP contribution in [-0.2, 0) is 4.84 Å². The standard InChI is InChI=1S/C12H13N3O.C11H10N2O/c1-10(14-16-2)11-4-6-12(7-5-11)15-9-3-8-13-15;1-9(14)10-3-5-11(6-4-10)13-8-2-7-12-13/h3-9H,1-2H3;2-8H,1H3. The van der Waals surface area contributed by atoms with Gasteiger partial charge < -0.3 is 4.84 Å². The summed E-state index contributed by atoms with van der Waals surface area (Å²) in [6.07, 6.45) is 7.25. The van der Waals surface area contributed by atoms with E-state index in [9.17, 15) is 4.79 Å². The normalized spacial score (nSPS) is 10.8. The summed E-state index contributed by atoms with van der Waals surface area (Å²) in [6, 6.07) is 19.1. The molecule has 0 N–H and O–H groups in total. The molecular formula is C23H23N5O2. The summed E-state index contributed by atoms with van der Waals surface area (Å²) in [7, 11) is 1.54. The van der Waals surface area contributed by atoms with Crippen LogP contribution in [0.15, 0.2) is 90.6 Å². The largest absolute Gasteiger partial charge is 0.399 e. The summed E-state index contributed by atoms with van der Waals surface area (Å²) in [5.41, 5.74) is 4.60. The van der Waals surface area contributed by atoms with Crippen LogP contribution in [0.5, 0.6) is 0 Å². The molecule has 0 amide bonds. The van der Waals surface area contributed by atoms with Crippen LogP contribution in [0.25, 0.3) is 11.4 Å². The second-order valence-corrected chi connectivity index (χ2v) is 6.41. The fraction of sp³-hybridized carbons (Fsp3) is 0.130. The van der Waals surface area contributed by atoms with Gasteiger partial charge in [0.25, 0.3) is 0 Å². The predicted octanol–water partition coefficient (Wildman–Crippen LogP) is 4.32. The van der Waals surface area contributed by atoms with E-state index in [2.05, 4.69) is 15.4 Å². The fourth-order valence-electron chi connectivity index (χ4n) is 2.74. The number of nitrogens with zero attached hydrogens (tertiary/aromatic N) is 5. The molecule has 2 aromatic heterocycles. The Bertz CT molecular complexity index is 1080. The zero-order valence-electron chi connectivity index (χ0n) is 17.1. The van der Waals surface area contributed by atoms with Crippen molar-refractivity contribution in [3.05, 3.63) is 96.6 Å². The van der Waals surface area contributed by atoms with Crippen molar-refractivity contribution >= 4 is 11.5 Å². The first-order chi connectivity index (χ1) is 14.6. The Kier molecular flexibility index (Phi) is 6.89. The lowest BCUT2D eigenvalue weighted by atomic mass is 10.1. The van der Waals surface area contributed by atoms with E-state index in [0.29, 0.717) is 0 Å². The second kappa shape index (κ2) is 9.97. The zero-order chi connectivity index (χ0) is 21.3. The van der Waals surface area contributed by atoms with E-state index in [4.69, 9.17) is 4.84 Å². The number of carbonyl (C=O) groups is 1. The minimum Gasteiger partial charge on any atom is -0.399 e. The number of oxime groups is 1. The van der Waals surface area contributed by atoms with Gasteiger partial charge >= 0.3 is 0 Å². The first-order valence-electron chi connectivity index (χ1n) is 9.37. The SMILES string of the molecule is CC(=O)c1ccc(-n2cccn2)cc1.CON=C(C)c1ccc(-n2cccn2)cc1. The van der Waals surface area contributed by atoms with Crippen LogP contribution in [0.1, 0.15) is 29.8 Å². The third kappa shape index (κ3) is 5.29. The highest BCUT2D eigenvalue weighted by Crippen LogP contribution is 2.10. The Labute approximate surface area is 175 Å². The average molecular weight is 401 g/mol. The predicted molar refractivity (Wildman–Crippen MR) is 116 cm³/mol. The maximum atomic E-state index is 11.0. The van der Waals surface area contributed by atoms with Crippen LogP contribution >= 0.6 is 0 Å². The van der Waals surface area contributed by atoms with E-state index < -0.39 is 0 Å². The van der Waals surface area contributed by atoms with Crippen LogP contribution in [0.2, 0.25) is 0 Å². The molecule has 0 saturated heterocycles. The number of carbonyl (C=O) groups excluding carboxylic acids is 1. The third-order valence-electron chi connectivity index (χ3n) is 4.33. The first-order valence-corrected chi connectivity index (χ1v) is 9.37. The molecule has 0 fully saturated rings. The molecule has 0 radical (unpaired) electrons. The molecule has 4 aromatic rings. The Morgan fingerprint density at radius 3 is 1.63 bits per heavy atom. The number of Topliss-reactive ketones (excluding diaryl/α,β-unsaturated/α-hetero) is 1. The van der Waals surface area contributed by atoms with Crippen molar-refractivity contribution in [1.29, 1.82) is 0 Å².